The highest BCUT2D eigenvalue weighted by Gasteiger charge is 2.34. The largest absolute Gasteiger partial charge is 0.371 e. The number of benzene rings is 1. The number of rotatable bonds is 4. The molecule has 4 fully saturated rings. The molecule has 36 heavy (non-hydrogen) atoms. The van der Waals surface area contributed by atoms with Crippen molar-refractivity contribution in [1.82, 2.24) is 15.1 Å². The van der Waals surface area contributed by atoms with E-state index in [1.54, 1.807) is 0 Å². The van der Waals surface area contributed by atoms with Crippen LogP contribution in [0.3, 0.4) is 0 Å². The topological polar surface area (TPSA) is 90.0 Å². The highest BCUT2D eigenvalue weighted by Crippen LogP contribution is 2.30. The van der Waals surface area contributed by atoms with Gasteiger partial charge in [0.05, 0.1) is 5.92 Å². The number of nitrogens with one attached hydrogen (secondary N) is 1. The molecule has 4 aliphatic heterocycles. The molecule has 1 aromatic rings. The van der Waals surface area contributed by atoms with Crippen LogP contribution >= 0.6 is 0 Å². The van der Waals surface area contributed by atoms with Crippen molar-refractivity contribution >= 4 is 29.3 Å². The van der Waals surface area contributed by atoms with Gasteiger partial charge in [-0.1, -0.05) is 12.1 Å². The van der Waals surface area contributed by atoms with Crippen molar-refractivity contribution in [2.45, 2.75) is 63.7 Å². The van der Waals surface area contributed by atoms with Crippen LogP contribution in [0.4, 0.5) is 5.69 Å². The Balaban J connectivity index is 1.08. The SMILES string of the molecule is O=C1CCC(c2ccc(N3CCC(C(=O)N4CCC(C(=O)N5CCCCC5)CC4)CC3)cc2)C(=O)N1. The summed E-state index contributed by atoms with van der Waals surface area (Å²) in [6.07, 6.45) is 7.65. The van der Waals surface area contributed by atoms with Crippen molar-refractivity contribution in [2.75, 3.05) is 44.2 Å². The number of piperidine rings is 4. The monoisotopic (exact) mass is 494 g/mol. The summed E-state index contributed by atoms with van der Waals surface area (Å²) in [5, 5.41) is 2.43. The summed E-state index contributed by atoms with van der Waals surface area (Å²) in [5.41, 5.74) is 2.05. The maximum atomic E-state index is 13.2. The van der Waals surface area contributed by atoms with Crippen LogP contribution in [-0.2, 0) is 19.2 Å². The lowest BCUT2D eigenvalue weighted by Crippen LogP contribution is -2.48. The normalized spacial score (nSPS) is 24.6. The quantitative estimate of drug-likeness (QED) is 0.650. The number of nitrogens with zero attached hydrogens (tertiary/aromatic N) is 3. The van der Waals surface area contributed by atoms with Crippen molar-refractivity contribution in [3.63, 3.8) is 0 Å². The molecule has 4 aliphatic rings. The predicted octanol–water partition coefficient (Wildman–Crippen LogP) is 2.67. The van der Waals surface area contributed by atoms with E-state index in [0.717, 1.165) is 76.0 Å². The van der Waals surface area contributed by atoms with E-state index in [4.69, 9.17) is 0 Å². The second-order valence-corrected chi connectivity index (χ2v) is 10.8. The van der Waals surface area contributed by atoms with Gasteiger partial charge in [0.2, 0.25) is 23.6 Å². The van der Waals surface area contributed by atoms with Crippen LogP contribution < -0.4 is 10.2 Å². The predicted molar refractivity (Wildman–Crippen MR) is 136 cm³/mol. The molecule has 1 unspecified atom stereocenters. The fraction of sp³-hybridized carbons (Fsp3) is 0.643. The first-order valence-corrected chi connectivity index (χ1v) is 13.8. The van der Waals surface area contributed by atoms with Crippen LogP contribution in [0.25, 0.3) is 0 Å². The van der Waals surface area contributed by atoms with Crippen molar-refractivity contribution in [3.8, 4) is 0 Å². The number of amides is 4. The molecule has 8 nitrogen and oxygen atoms in total. The van der Waals surface area contributed by atoms with Crippen LogP contribution in [0.2, 0.25) is 0 Å². The summed E-state index contributed by atoms with van der Waals surface area (Å²) in [6, 6.07) is 8.07. The van der Waals surface area contributed by atoms with Gasteiger partial charge in [0.15, 0.2) is 0 Å². The standard InChI is InChI=1S/C28H38N4O4/c33-25-9-8-24(26(34)29-25)20-4-6-23(7-5-20)30-16-10-21(11-17-30)28(36)32-18-12-22(13-19-32)27(35)31-14-2-1-3-15-31/h4-7,21-22,24H,1-3,8-19H2,(H,29,33,34). The molecule has 1 atom stereocenters. The van der Waals surface area contributed by atoms with Gasteiger partial charge in [-0.15, -0.1) is 0 Å². The molecule has 1 N–H and O–H groups in total. The van der Waals surface area contributed by atoms with Crippen LogP contribution in [0.15, 0.2) is 24.3 Å². The number of imide groups is 1. The minimum Gasteiger partial charge on any atom is -0.371 e. The number of carbonyl (C=O) groups is 4. The van der Waals surface area contributed by atoms with Gasteiger partial charge in [-0.25, -0.2) is 0 Å². The number of carbonyl (C=O) groups excluding carboxylic acids is 4. The summed E-state index contributed by atoms with van der Waals surface area (Å²) >= 11 is 0. The molecular formula is C28H38N4O4. The summed E-state index contributed by atoms with van der Waals surface area (Å²) in [6.45, 7) is 4.86. The molecule has 4 saturated heterocycles. The second-order valence-electron chi connectivity index (χ2n) is 10.8. The summed E-state index contributed by atoms with van der Waals surface area (Å²) in [5.74, 6) is 0.0270. The fourth-order valence-electron chi connectivity index (χ4n) is 6.29. The number of hydrogen-bond acceptors (Lipinski definition) is 5. The lowest BCUT2D eigenvalue weighted by Gasteiger charge is -2.39. The minimum absolute atomic E-state index is 0.0540. The number of hydrogen-bond donors (Lipinski definition) is 1. The Morgan fingerprint density at radius 1 is 0.694 bits per heavy atom. The minimum atomic E-state index is -0.264. The molecule has 0 saturated carbocycles. The first-order chi connectivity index (χ1) is 17.5. The van der Waals surface area contributed by atoms with Crippen molar-refractivity contribution in [3.05, 3.63) is 29.8 Å². The zero-order valence-corrected chi connectivity index (χ0v) is 21.1. The van der Waals surface area contributed by atoms with E-state index in [1.165, 1.54) is 6.42 Å². The molecule has 0 aromatic heterocycles. The van der Waals surface area contributed by atoms with E-state index in [0.29, 0.717) is 31.8 Å². The van der Waals surface area contributed by atoms with Gasteiger partial charge < -0.3 is 14.7 Å². The Morgan fingerprint density at radius 2 is 1.25 bits per heavy atom. The Bertz CT molecular complexity index is 972. The summed E-state index contributed by atoms with van der Waals surface area (Å²) < 4.78 is 0. The average Bonchev–Trinajstić information content (AvgIpc) is 2.93. The molecule has 0 bridgehead atoms. The van der Waals surface area contributed by atoms with Gasteiger partial charge in [0, 0.05) is 63.2 Å². The maximum Gasteiger partial charge on any atom is 0.234 e. The zero-order valence-electron chi connectivity index (χ0n) is 21.1. The van der Waals surface area contributed by atoms with E-state index in [-0.39, 0.29) is 35.5 Å². The first kappa shape index (κ1) is 24.8. The average molecular weight is 495 g/mol. The molecule has 0 aliphatic carbocycles. The van der Waals surface area contributed by atoms with Gasteiger partial charge in [0.1, 0.15) is 0 Å². The molecule has 4 amide bonds. The highest BCUT2D eigenvalue weighted by molar-refractivity contribution is 6.00. The van der Waals surface area contributed by atoms with Crippen LogP contribution in [0.1, 0.15) is 69.3 Å². The fourth-order valence-corrected chi connectivity index (χ4v) is 6.29. The van der Waals surface area contributed by atoms with Crippen molar-refractivity contribution in [2.24, 2.45) is 11.8 Å². The smallest absolute Gasteiger partial charge is 0.234 e. The number of anilines is 1. The summed E-state index contributed by atoms with van der Waals surface area (Å²) in [7, 11) is 0. The van der Waals surface area contributed by atoms with E-state index < -0.39 is 0 Å². The molecule has 194 valence electrons. The third-order valence-electron chi connectivity index (χ3n) is 8.57. The Morgan fingerprint density at radius 3 is 1.83 bits per heavy atom. The molecular weight excluding hydrogens is 456 g/mol. The number of likely N-dealkylation sites (tertiary alicyclic amines) is 2. The second kappa shape index (κ2) is 11.0. The molecule has 1 aromatic carbocycles. The van der Waals surface area contributed by atoms with E-state index in [1.807, 2.05) is 34.1 Å². The Kier molecular flexibility index (Phi) is 7.58. The molecule has 0 radical (unpaired) electrons. The van der Waals surface area contributed by atoms with Gasteiger partial charge in [-0.2, -0.15) is 0 Å². The third kappa shape index (κ3) is 5.42. The van der Waals surface area contributed by atoms with Gasteiger partial charge in [-0.05, 0) is 69.1 Å². The van der Waals surface area contributed by atoms with Crippen LogP contribution in [0, 0.1) is 11.8 Å². The Labute approximate surface area is 213 Å². The Hall–Kier alpha value is -2.90. The van der Waals surface area contributed by atoms with E-state index in [9.17, 15) is 19.2 Å². The van der Waals surface area contributed by atoms with Crippen molar-refractivity contribution in [1.29, 1.82) is 0 Å². The van der Waals surface area contributed by atoms with Gasteiger partial charge in [0.25, 0.3) is 0 Å². The lowest BCUT2D eigenvalue weighted by atomic mass is 9.89. The maximum absolute atomic E-state index is 13.2. The molecule has 0 spiro atoms. The first-order valence-electron chi connectivity index (χ1n) is 13.8. The van der Waals surface area contributed by atoms with E-state index in [2.05, 4.69) is 10.2 Å². The molecule has 4 heterocycles. The third-order valence-corrected chi connectivity index (χ3v) is 8.57. The van der Waals surface area contributed by atoms with Gasteiger partial charge in [-0.3, -0.25) is 24.5 Å². The van der Waals surface area contributed by atoms with E-state index >= 15 is 0 Å². The van der Waals surface area contributed by atoms with Crippen molar-refractivity contribution < 1.29 is 19.2 Å². The van der Waals surface area contributed by atoms with Crippen LogP contribution in [-0.4, -0.2) is 72.7 Å². The van der Waals surface area contributed by atoms with Gasteiger partial charge >= 0.3 is 0 Å². The summed E-state index contributed by atoms with van der Waals surface area (Å²) in [4.78, 5) is 55.9. The van der Waals surface area contributed by atoms with Crippen LogP contribution in [0.5, 0.6) is 0 Å². The highest BCUT2D eigenvalue weighted by atomic mass is 16.2. The zero-order chi connectivity index (χ0) is 25.1. The molecule has 8 heteroatoms. The molecule has 5 rings (SSSR count). The lowest BCUT2D eigenvalue weighted by molar-refractivity contribution is -0.143.